The van der Waals surface area contributed by atoms with Crippen molar-refractivity contribution < 1.29 is 9.90 Å². The molecule has 0 aromatic heterocycles. The van der Waals surface area contributed by atoms with Crippen molar-refractivity contribution >= 4 is 6.03 Å². The van der Waals surface area contributed by atoms with Crippen LogP contribution in [0.3, 0.4) is 0 Å². The smallest absolute Gasteiger partial charge is 0.315 e. The van der Waals surface area contributed by atoms with Crippen molar-refractivity contribution in [3.05, 3.63) is 0 Å². The van der Waals surface area contributed by atoms with Gasteiger partial charge in [-0.25, -0.2) is 4.79 Å². The number of amides is 2. The second kappa shape index (κ2) is 7.49. The van der Waals surface area contributed by atoms with Gasteiger partial charge in [0.05, 0.1) is 12.6 Å². The van der Waals surface area contributed by atoms with Crippen LogP contribution in [0.4, 0.5) is 4.79 Å². The topological polar surface area (TPSA) is 61.4 Å². The SMILES string of the molecule is CCC(CO)NC(=O)NCC1CCCCC1. The molecule has 0 aromatic rings. The molecule has 0 aliphatic heterocycles. The molecular formula is C12H24N2O2. The summed E-state index contributed by atoms with van der Waals surface area (Å²) >= 11 is 0. The first kappa shape index (κ1) is 13.3. The highest BCUT2D eigenvalue weighted by Gasteiger charge is 2.15. The Morgan fingerprint density at radius 3 is 2.62 bits per heavy atom. The number of carbonyl (C=O) groups is 1. The van der Waals surface area contributed by atoms with E-state index in [1.165, 1.54) is 32.1 Å². The zero-order valence-corrected chi connectivity index (χ0v) is 10.2. The molecule has 1 atom stereocenters. The molecule has 16 heavy (non-hydrogen) atoms. The minimum Gasteiger partial charge on any atom is -0.394 e. The number of aliphatic hydroxyl groups is 1. The highest BCUT2D eigenvalue weighted by molar-refractivity contribution is 5.74. The zero-order valence-electron chi connectivity index (χ0n) is 10.2. The number of urea groups is 1. The largest absolute Gasteiger partial charge is 0.394 e. The third kappa shape index (κ3) is 4.84. The Bertz CT molecular complexity index is 199. The molecule has 0 radical (unpaired) electrons. The molecule has 2 amide bonds. The van der Waals surface area contributed by atoms with E-state index < -0.39 is 0 Å². The van der Waals surface area contributed by atoms with Crippen LogP contribution in [-0.2, 0) is 0 Å². The van der Waals surface area contributed by atoms with Crippen LogP contribution in [0.15, 0.2) is 0 Å². The summed E-state index contributed by atoms with van der Waals surface area (Å²) < 4.78 is 0. The maximum atomic E-state index is 11.5. The number of rotatable bonds is 5. The van der Waals surface area contributed by atoms with Gasteiger partial charge >= 0.3 is 6.03 Å². The number of hydrogen-bond donors (Lipinski definition) is 3. The number of hydrogen-bond acceptors (Lipinski definition) is 2. The average Bonchev–Trinajstić information content (AvgIpc) is 2.34. The summed E-state index contributed by atoms with van der Waals surface area (Å²) in [5, 5.41) is 14.6. The summed E-state index contributed by atoms with van der Waals surface area (Å²) in [7, 11) is 0. The summed E-state index contributed by atoms with van der Waals surface area (Å²) in [5.74, 6) is 0.647. The predicted molar refractivity (Wildman–Crippen MR) is 64.3 cm³/mol. The fourth-order valence-electron chi connectivity index (χ4n) is 2.14. The van der Waals surface area contributed by atoms with Crippen LogP contribution < -0.4 is 10.6 Å². The molecule has 1 aliphatic rings. The lowest BCUT2D eigenvalue weighted by molar-refractivity contribution is 0.212. The molecule has 0 spiro atoms. The van der Waals surface area contributed by atoms with Crippen LogP contribution in [0.1, 0.15) is 45.4 Å². The molecule has 4 heteroatoms. The van der Waals surface area contributed by atoms with Crippen LogP contribution in [0, 0.1) is 5.92 Å². The number of nitrogens with one attached hydrogen (secondary N) is 2. The molecule has 1 aliphatic carbocycles. The van der Waals surface area contributed by atoms with E-state index in [4.69, 9.17) is 5.11 Å². The van der Waals surface area contributed by atoms with Gasteiger partial charge in [-0.1, -0.05) is 26.2 Å². The van der Waals surface area contributed by atoms with Gasteiger partial charge in [-0.3, -0.25) is 0 Å². The van der Waals surface area contributed by atoms with Gasteiger partial charge in [-0.2, -0.15) is 0 Å². The van der Waals surface area contributed by atoms with E-state index in [1.54, 1.807) is 0 Å². The first-order valence-electron chi connectivity index (χ1n) is 6.41. The molecule has 94 valence electrons. The molecule has 1 saturated carbocycles. The van der Waals surface area contributed by atoms with E-state index in [-0.39, 0.29) is 18.7 Å². The molecule has 0 heterocycles. The van der Waals surface area contributed by atoms with Crippen molar-refractivity contribution in [2.45, 2.75) is 51.5 Å². The maximum Gasteiger partial charge on any atom is 0.315 e. The Morgan fingerprint density at radius 1 is 1.38 bits per heavy atom. The minimum atomic E-state index is -0.147. The van der Waals surface area contributed by atoms with Crippen molar-refractivity contribution in [3.63, 3.8) is 0 Å². The van der Waals surface area contributed by atoms with Gasteiger partial charge in [-0.15, -0.1) is 0 Å². The highest BCUT2D eigenvalue weighted by atomic mass is 16.3. The van der Waals surface area contributed by atoms with E-state index in [1.807, 2.05) is 6.92 Å². The molecular weight excluding hydrogens is 204 g/mol. The van der Waals surface area contributed by atoms with E-state index >= 15 is 0 Å². The second-order valence-corrected chi connectivity index (χ2v) is 4.65. The molecule has 1 unspecified atom stereocenters. The van der Waals surface area contributed by atoms with Gasteiger partial charge in [0.25, 0.3) is 0 Å². The predicted octanol–water partition coefficient (Wildman–Crippen LogP) is 1.64. The Kier molecular flexibility index (Phi) is 6.23. The van der Waals surface area contributed by atoms with Crippen LogP contribution in [-0.4, -0.2) is 30.3 Å². The number of aliphatic hydroxyl groups excluding tert-OH is 1. The fraction of sp³-hybridized carbons (Fsp3) is 0.917. The van der Waals surface area contributed by atoms with Crippen molar-refractivity contribution in [2.75, 3.05) is 13.2 Å². The first-order valence-corrected chi connectivity index (χ1v) is 6.41. The van der Waals surface area contributed by atoms with Gasteiger partial charge in [0.15, 0.2) is 0 Å². The first-order chi connectivity index (χ1) is 7.76. The quantitative estimate of drug-likeness (QED) is 0.670. The van der Waals surface area contributed by atoms with Crippen molar-refractivity contribution in [1.82, 2.24) is 10.6 Å². The van der Waals surface area contributed by atoms with Gasteiger partial charge in [0, 0.05) is 6.54 Å². The minimum absolute atomic E-state index is 0.00729. The summed E-state index contributed by atoms with van der Waals surface area (Å²) in [6.07, 6.45) is 7.15. The summed E-state index contributed by atoms with van der Waals surface area (Å²) in [6.45, 7) is 2.73. The Balaban J connectivity index is 2.13. The molecule has 4 nitrogen and oxygen atoms in total. The van der Waals surface area contributed by atoms with Crippen LogP contribution >= 0.6 is 0 Å². The van der Waals surface area contributed by atoms with Crippen LogP contribution in [0.5, 0.6) is 0 Å². The fourth-order valence-corrected chi connectivity index (χ4v) is 2.14. The third-order valence-electron chi connectivity index (χ3n) is 3.32. The summed E-state index contributed by atoms with van der Waals surface area (Å²) in [5.41, 5.74) is 0. The van der Waals surface area contributed by atoms with Gasteiger partial charge in [0.1, 0.15) is 0 Å². The van der Waals surface area contributed by atoms with Crippen molar-refractivity contribution in [2.24, 2.45) is 5.92 Å². The molecule has 0 aromatic carbocycles. The lowest BCUT2D eigenvalue weighted by Crippen LogP contribution is -2.45. The molecule has 1 rings (SSSR count). The average molecular weight is 228 g/mol. The highest BCUT2D eigenvalue weighted by Crippen LogP contribution is 2.22. The molecule has 0 saturated heterocycles. The summed E-state index contributed by atoms with van der Waals surface area (Å²) in [6, 6.07) is -0.266. The zero-order chi connectivity index (χ0) is 11.8. The van der Waals surface area contributed by atoms with Gasteiger partial charge < -0.3 is 15.7 Å². The van der Waals surface area contributed by atoms with E-state index in [0.29, 0.717) is 5.92 Å². The normalized spacial score (nSPS) is 19.1. The Morgan fingerprint density at radius 2 is 2.06 bits per heavy atom. The van der Waals surface area contributed by atoms with Gasteiger partial charge in [-0.05, 0) is 25.2 Å². The Hall–Kier alpha value is -0.770. The van der Waals surface area contributed by atoms with Crippen molar-refractivity contribution in [3.8, 4) is 0 Å². The maximum absolute atomic E-state index is 11.5. The van der Waals surface area contributed by atoms with E-state index in [2.05, 4.69) is 10.6 Å². The van der Waals surface area contributed by atoms with E-state index in [0.717, 1.165) is 13.0 Å². The molecule has 3 N–H and O–H groups in total. The lowest BCUT2D eigenvalue weighted by Gasteiger charge is -2.22. The second-order valence-electron chi connectivity index (χ2n) is 4.65. The standard InChI is InChI=1S/C12H24N2O2/c1-2-11(9-15)14-12(16)13-8-10-6-4-3-5-7-10/h10-11,15H,2-9H2,1H3,(H2,13,14,16). The van der Waals surface area contributed by atoms with Crippen LogP contribution in [0.2, 0.25) is 0 Å². The monoisotopic (exact) mass is 228 g/mol. The van der Waals surface area contributed by atoms with Crippen molar-refractivity contribution in [1.29, 1.82) is 0 Å². The summed E-state index contributed by atoms with van der Waals surface area (Å²) in [4.78, 5) is 11.5. The lowest BCUT2D eigenvalue weighted by atomic mass is 9.89. The molecule has 0 bridgehead atoms. The molecule has 1 fully saturated rings. The van der Waals surface area contributed by atoms with Crippen LogP contribution in [0.25, 0.3) is 0 Å². The third-order valence-corrected chi connectivity index (χ3v) is 3.32. The van der Waals surface area contributed by atoms with E-state index in [9.17, 15) is 4.79 Å². The number of carbonyl (C=O) groups excluding carboxylic acids is 1. The van der Waals surface area contributed by atoms with Gasteiger partial charge in [0.2, 0.25) is 0 Å². The Labute approximate surface area is 97.8 Å².